The largest absolute Gasteiger partial charge is 0.399 e. The molecule has 0 saturated carbocycles. The molecule has 2 aromatic rings. The molecular weight excluding hydrogens is 347 g/mol. The summed E-state index contributed by atoms with van der Waals surface area (Å²) in [5.41, 5.74) is 6.70. The summed E-state index contributed by atoms with van der Waals surface area (Å²) < 4.78 is 14.3. The topological polar surface area (TPSA) is 55.1 Å². The van der Waals surface area contributed by atoms with E-state index in [1.54, 1.807) is 24.3 Å². The maximum Gasteiger partial charge on any atom is 0.253 e. The van der Waals surface area contributed by atoms with Crippen LogP contribution in [-0.2, 0) is 6.54 Å². The zero-order valence-electron chi connectivity index (χ0n) is 10.3. The third kappa shape index (κ3) is 3.49. The van der Waals surface area contributed by atoms with E-state index in [4.69, 9.17) is 17.3 Å². The van der Waals surface area contributed by atoms with E-state index in [2.05, 4.69) is 21.2 Å². The number of nitrogens with two attached hydrogens (primary N) is 1. The lowest BCUT2D eigenvalue weighted by Crippen LogP contribution is -2.23. The second kappa shape index (κ2) is 6.24. The Labute approximate surface area is 129 Å². The van der Waals surface area contributed by atoms with Gasteiger partial charge in [-0.1, -0.05) is 27.5 Å². The van der Waals surface area contributed by atoms with Crippen molar-refractivity contribution >= 4 is 39.1 Å². The molecule has 0 aliphatic rings. The van der Waals surface area contributed by atoms with Crippen LogP contribution in [0.15, 0.2) is 40.9 Å². The summed E-state index contributed by atoms with van der Waals surface area (Å²) in [5.74, 6) is -0.783. The third-order valence-electron chi connectivity index (χ3n) is 2.68. The van der Waals surface area contributed by atoms with Crippen LogP contribution in [0.1, 0.15) is 15.9 Å². The van der Waals surface area contributed by atoms with Gasteiger partial charge in [0.05, 0.1) is 10.6 Å². The standard InChI is InChI=1S/C14H11BrClFN2O/c15-9-1-4-13(17)8(5-9)7-19-14(20)11-6-10(18)2-3-12(11)16/h1-6H,7,18H2,(H,19,20). The minimum Gasteiger partial charge on any atom is -0.399 e. The van der Waals surface area contributed by atoms with Crippen molar-refractivity contribution in [1.82, 2.24) is 5.32 Å². The van der Waals surface area contributed by atoms with E-state index < -0.39 is 5.91 Å². The molecule has 0 heterocycles. The number of halogens is 3. The molecule has 0 unspecified atom stereocenters. The molecule has 2 aromatic carbocycles. The number of nitrogens with one attached hydrogen (secondary N) is 1. The van der Waals surface area contributed by atoms with Gasteiger partial charge in [-0.05, 0) is 36.4 Å². The van der Waals surface area contributed by atoms with Gasteiger partial charge < -0.3 is 11.1 Å². The molecule has 0 bridgehead atoms. The quantitative estimate of drug-likeness (QED) is 0.822. The van der Waals surface area contributed by atoms with Crippen molar-refractivity contribution in [3.8, 4) is 0 Å². The molecule has 0 spiro atoms. The first kappa shape index (κ1) is 14.8. The predicted molar refractivity (Wildman–Crippen MR) is 81.1 cm³/mol. The van der Waals surface area contributed by atoms with Crippen LogP contribution in [0.3, 0.4) is 0 Å². The highest BCUT2D eigenvalue weighted by molar-refractivity contribution is 9.10. The van der Waals surface area contributed by atoms with Crippen LogP contribution in [0, 0.1) is 5.82 Å². The Hall–Kier alpha value is -1.59. The summed E-state index contributed by atoms with van der Waals surface area (Å²) >= 11 is 9.18. The van der Waals surface area contributed by atoms with Gasteiger partial charge in [-0.15, -0.1) is 0 Å². The Morgan fingerprint density at radius 2 is 2.05 bits per heavy atom. The first-order valence-corrected chi connectivity index (χ1v) is 6.91. The average molecular weight is 358 g/mol. The molecule has 0 aromatic heterocycles. The fraction of sp³-hybridized carbons (Fsp3) is 0.0714. The zero-order valence-corrected chi connectivity index (χ0v) is 12.6. The van der Waals surface area contributed by atoms with Crippen molar-refractivity contribution in [1.29, 1.82) is 0 Å². The zero-order chi connectivity index (χ0) is 14.7. The first-order chi connectivity index (χ1) is 9.47. The Balaban J connectivity index is 2.12. The summed E-state index contributed by atoms with van der Waals surface area (Å²) in [4.78, 5) is 12.0. The number of benzene rings is 2. The van der Waals surface area contributed by atoms with Crippen LogP contribution < -0.4 is 11.1 Å². The van der Waals surface area contributed by atoms with E-state index in [0.717, 1.165) is 4.47 Å². The highest BCUT2D eigenvalue weighted by Crippen LogP contribution is 2.19. The monoisotopic (exact) mass is 356 g/mol. The molecule has 6 heteroatoms. The maximum atomic E-state index is 13.5. The van der Waals surface area contributed by atoms with Gasteiger partial charge in [-0.25, -0.2) is 4.39 Å². The van der Waals surface area contributed by atoms with E-state index in [-0.39, 0.29) is 17.9 Å². The van der Waals surface area contributed by atoms with Crippen LogP contribution in [0.4, 0.5) is 10.1 Å². The lowest BCUT2D eigenvalue weighted by molar-refractivity contribution is 0.0951. The summed E-state index contributed by atoms with van der Waals surface area (Å²) in [7, 11) is 0. The first-order valence-electron chi connectivity index (χ1n) is 5.74. The minimum atomic E-state index is -0.401. The fourth-order valence-electron chi connectivity index (χ4n) is 1.67. The van der Waals surface area contributed by atoms with Gasteiger partial charge >= 0.3 is 0 Å². The van der Waals surface area contributed by atoms with Gasteiger partial charge in [0.15, 0.2) is 0 Å². The highest BCUT2D eigenvalue weighted by Gasteiger charge is 2.11. The van der Waals surface area contributed by atoms with Crippen molar-refractivity contribution in [2.45, 2.75) is 6.54 Å². The number of hydrogen-bond acceptors (Lipinski definition) is 2. The number of rotatable bonds is 3. The fourth-order valence-corrected chi connectivity index (χ4v) is 2.28. The molecule has 0 aliphatic heterocycles. The molecule has 3 nitrogen and oxygen atoms in total. The Kier molecular flexibility index (Phi) is 4.62. The highest BCUT2D eigenvalue weighted by atomic mass is 79.9. The van der Waals surface area contributed by atoms with Crippen LogP contribution in [0.2, 0.25) is 5.02 Å². The van der Waals surface area contributed by atoms with E-state index in [1.165, 1.54) is 12.1 Å². The van der Waals surface area contributed by atoms with Crippen LogP contribution in [0.25, 0.3) is 0 Å². The van der Waals surface area contributed by atoms with Crippen molar-refractivity contribution in [3.63, 3.8) is 0 Å². The molecule has 0 atom stereocenters. The van der Waals surface area contributed by atoms with E-state index in [9.17, 15) is 9.18 Å². The van der Waals surface area contributed by atoms with Crippen LogP contribution >= 0.6 is 27.5 Å². The lowest BCUT2D eigenvalue weighted by Gasteiger charge is -2.08. The smallest absolute Gasteiger partial charge is 0.253 e. The number of hydrogen-bond donors (Lipinski definition) is 2. The van der Waals surface area contributed by atoms with Gasteiger partial charge in [0, 0.05) is 22.3 Å². The number of nitrogen functional groups attached to an aromatic ring is 1. The van der Waals surface area contributed by atoms with Gasteiger partial charge in [0.25, 0.3) is 5.91 Å². The number of carbonyl (C=O) groups is 1. The lowest BCUT2D eigenvalue weighted by atomic mass is 10.1. The molecule has 1 amide bonds. The maximum absolute atomic E-state index is 13.5. The average Bonchev–Trinajstić information content (AvgIpc) is 2.42. The molecule has 0 radical (unpaired) electrons. The van der Waals surface area contributed by atoms with E-state index >= 15 is 0 Å². The van der Waals surface area contributed by atoms with Crippen molar-refractivity contribution in [2.24, 2.45) is 0 Å². The van der Waals surface area contributed by atoms with E-state index in [0.29, 0.717) is 16.3 Å². The Morgan fingerprint density at radius 1 is 1.30 bits per heavy atom. The third-order valence-corrected chi connectivity index (χ3v) is 3.51. The van der Waals surface area contributed by atoms with Gasteiger partial charge in [0.2, 0.25) is 0 Å². The SMILES string of the molecule is Nc1ccc(Cl)c(C(=O)NCc2cc(Br)ccc2F)c1. The van der Waals surface area contributed by atoms with Gasteiger partial charge in [0.1, 0.15) is 5.82 Å². The van der Waals surface area contributed by atoms with Crippen LogP contribution in [-0.4, -0.2) is 5.91 Å². The second-order valence-electron chi connectivity index (χ2n) is 4.16. The molecule has 104 valence electrons. The molecule has 0 aliphatic carbocycles. The molecule has 20 heavy (non-hydrogen) atoms. The van der Waals surface area contributed by atoms with Gasteiger partial charge in [-0.2, -0.15) is 0 Å². The molecular formula is C14H11BrClFN2O. The number of carbonyl (C=O) groups excluding carboxylic acids is 1. The molecule has 0 saturated heterocycles. The second-order valence-corrected chi connectivity index (χ2v) is 5.48. The Bertz CT molecular complexity index is 664. The summed E-state index contributed by atoms with van der Waals surface area (Å²) in [6.45, 7) is 0.0647. The summed E-state index contributed by atoms with van der Waals surface area (Å²) in [6.07, 6.45) is 0. The van der Waals surface area contributed by atoms with E-state index in [1.807, 2.05) is 0 Å². The van der Waals surface area contributed by atoms with Crippen molar-refractivity contribution in [2.75, 3.05) is 5.73 Å². The molecule has 0 fully saturated rings. The normalized spacial score (nSPS) is 10.3. The number of anilines is 1. The van der Waals surface area contributed by atoms with Crippen molar-refractivity contribution < 1.29 is 9.18 Å². The molecule has 3 N–H and O–H groups in total. The number of amides is 1. The molecule has 2 rings (SSSR count). The summed E-state index contributed by atoms with van der Waals surface area (Å²) in [6, 6.07) is 9.17. The van der Waals surface area contributed by atoms with Crippen LogP contribution in [0.5, 0.6) is 0 Å². The van der Waals surface area contributed by atoms with Crippen molar-refractivity contribution in [3.05, 3.63) is 62.8 Å². The predicted octanol–water partition coefficient (Wildman–Crippen LogP) is 3.75. The Morgan fingerprint density at radius 3 is 2.80 bits per heavy atom. The minimum absolute atomic E-state index is 0.0647. The summed E-state index contributed by atoms with van der Waals surface area (Å²) in [5, 5.41) is 2.91. The van der Waals surface area contributed by atoms with Gasteiger partial charge in [-0.3, -0.25) is 4.79 Å².